The number of amides is 1. The molecule has 2 aromatic carbocycles. The Labute approximate surface area is 170 Å². The van der Waals surface area contributed by atoms with Gasteiger partial charge in [0.15, 0.2) is 28.3 Å². The minimum absolute atomic E-state index is 0.279. The van der Waals surface area contributed by atoms with E-state index in [1.165, 1.54) is 50.9 Å². The summed E-state index contributed by atoms with van der Waals surface area (Å²) in [6, 6.07) is 6.59. The largest absolute Gasteiger partial charge is 0.493 e. The fourth-order valence-electron chi connectivity index (χ4n) is 2.74. The molecular weight excluding hydrogens is 402 g/mol. The molecule has 6 nitrogen and oxygen atoms in total. The predicted octanol–water partition coefficient (Wildman–Crippen LogP) is 4.67. The van der Waals surface area contributed by atoms with Crippen molar-refractivity contribution in [3.63, 3.8) is 0 Å². The van der Waals surface area contributed by atoms with Gasteiger partial charge in [0.2, 0.25) is 5.75 Å². The third kappa shape index (κ3) is 4.14. The molecule has 0 aliphatic rings. The molecular formula is C20H18F2N2O4S. The molecule has 152 valence electrons. The van der Waals surface area contributed by atoms with Crippen molar-refractivity contribution in [1.82, 2.24) is 4.98 Å². The number of nitrogens with zero attached hydrogens (tertiary/aromatic N) is 1. The zero-order valence-corrected chi connectivity index (χ0v) is 16.9. The number of halogens is 2. The maximum Gasteiger partial charge on any atom is 0.257 e. The highest BCUT2D eigenvalue weighted by molar-refractivity contribution is 7.16. The third-order valence-corrected chi connectivity index (χ3v) is 5.02. The molecule has 0 saturated heterocycles. The maximum absolute atomic E-state index is 13.5. The smallest absolute Gasteiger partial charge is 0.257 e. The van der Waals surface area contributed by atoms with Gasteiger partial charge in [-0.2, -0.15) is 0 Å². The summed E-state index contributed by atoms with van der Waals surface area (Å²) in [5, 5.41) is 3.02. The van der Waals surface area contributed by atoms with Gasteiger partial charge < -0.3 is 14.2 Å². The molecule has 29 heavy (non-hydrogen) atoms. The van der Waals surface area contributed by atoms with Crippen LogP contribution in [0.3, 0.4) is 0 Å². The number of carbonyl (C=O) groups excluding carboxylic acids is 1. The molecule has 0 fully saturated rings. The molecule has 1 amide bonds. The van der Waals surface area contributed by atoms with Crippen LogP contribution in [0.4, 0.5) is 13.9 Å². The van der Waals surface area contributed by atoms with Gasteiger partial charge >= 0.3 is 0 Å². The van der Waals surface area contributed by atoms with Crippen LogP contribution < -0.4 is 19.5 Å². The van der Waals surface area contributed by atoms with E-state index >= 15 is 0 Å². The van der Waals surface area contributed by atoms with E-state index in [-0.39, 0.29) is 5.56 Å². The number of benzene rings is 2. The van der Waals surface area contributed by atoms with Crippen LogP contribution in [-0.4, -0.2) is 32.2 Å². The van der Waals surface area contributed by atoms with E-state index in [1.807, 2.05) is 0 Å². The molecule has 0 saturated carbocycles. The second-order valence-electron chi connectivity index (χ2n) is 5.92. The number of carbonyl (C=O) groups is 1. The number of rotatable bonds is 6. The fourth-order valence-corrected chi connectivity index (χ4v) is 3.57. The van der Waals surface area contributed by atoms with Crippen molar-refractivity contribution in [2.24, 2.45) is 0 Å². The molecule has 1 aromatic heterocycles. The van der Waals surface area contributed by atoms with Gasteiger partial charge in [0.1, 0.15) is 0 Å². The van der Waals surface area contributed by atoms with Gasteiger partial charge in [-0.05, 0) is 37.3 Å². The molecule has 0 radical (unpaired) electrons. The average molecular weight is 420 g/mol. The summed E-state index contributed by atoms with van der Waals surface area (Å²) in [4.78, 5) is 17.8. The Morgan fingerprint density at radius 1 is 1.00 bits per heavy atom. The Morgan fingerprint density at radius 3 is 2.21 bits per heavy atom. The van der Waals surface area contributed by atoms with Crippen molar-refractivity contribution in [2.45, 2.75) is 6.92 Å². The Kier molecular flexibility index (Phi) is 5.97. The molecule has 0 aliphatic carbocycles. The Bertz CT molecular complexity index is 1040. The van der Waals surface area contributed by atoms with Crippen LogP contribution in [0.25, 0.3) is 11.3 Å². The topological polar surface area (TPSA) is 69.7 Å². The molecule has 0 bridgehead atoms. The summed E-state index contributed by atoms with van der Waals surface area (Å²) < 4.78 is 42.5. The molecule has 0 aliphatic heterocycles. The maximum atomic E-state index is 13.5. The number of ether oxygens (including phenoxy) is 3. The van der Waals surface area contributed by atoms with Crippen LogP contribution in [0.5, 0.6) is 17.2 Å². The number of aromatic nitrogens is 1. The van der Waals surface area contributed by atoms with Gasteiger partial charge in [0, 0.05) is 16.0 Å². The van der Waals surface area contributed by atoms with E-state index in [9.17, 15) is 13.6 Å². The predicted molar refractivity (Wildman–Crippen MR) is 106 cm³/mol. The van der Waals surface area contributed by atoms with Gasteiger partial charge in [-0.25, -0.2) is 13.8 Å². The van der Waals surface area contributed by atoms with Crippen molar-refractivity contribution >= 4 is 22.4 Å². The van der Waals surface area contributed by atoms with Crippen molar-refractivity contribution in [3.05, 3.63) is 52.4 Å². The van der Waals surface area contributed by atoms with Crippen LogP contribution in [0.2, 0.25) is 0 Å². The molecule has 0 spiro atoms. The van der Waals surface area contributed by atoms with E-state index in [4.69, 9.17) is 14.2 Å². The normalized spacial score (nSPS) is 10.6. The first-order valence-corrected chi connectivity index (χ1v) is 9.23. The first-order valence-electron chi connectivity index (χ1n) is 8.42. The first-order chi connectivity index (χ1) is 13.9. The van der Waals surface area contributed by atoms with Crippen LogP contribution in [0, 0.1) is 18.6 Å². The summed E-state index contributed by atoms with van der Waals surface area (Å²) in [6.07, 6.45) is 0. The number of methoxy groups -OCH3 is 3. The second-order valence-corrected chi connectivity index (χ2v) is 7.12. The van der Waals surface area contributed by atoms with Crippen molar-refractivity contribution in [2.75, 3.05) is 26.6 Å². The van der Waals surface area contributed by atoms with Gasteiger partial charge in [-0.1, -0.05) is 0 Å². The standard InChI is InChI=1S/C20H18F2N2O4S/c1-10-17(11-5-6-13(21)14(22)7-11)23-20(29-10)24-19(25)12-8-15(26-2)18(28-4)16(9-12)27-3/h5-9H,1-4H3,(H,23,24,25). The highest BCUT2D eigenvalue weighted by Crippen LogP contribution is 2.38. The second kappa shape index (κ2) is 8.44. The molecule has 0 atom stereocenters. The lowest BCUT2D eigenvalue weighted by Crippen LogP contribution is -2.12. The first kappa shape index (κ1) is 20.5. The van der Waals surface area contributed by atoms with E-state index in [0.29, 0.717) is 33.6 Å². The third-order valence-electron chi connectivity index (χ3n) is 4.14. The van der Waals surface area contributed by atoms with Crippen LogP contribution >= 0.6 is 11.3 Å². The summed E-state index contributed by atoms with van der Waals surface area (Å²) in [5.41, 5.74) is 1.17. The van der Waals surface area contributed by atoms with Crippen LogP contribution in [-0.2, 0) is 0 Å². The number of nitrogens with one attached hydrogen (secondary N) is 1. The van der Waals surface area contributed by atoms with Crippen LogP contribution in [0.15, 0.2) is 30.3 Å². The molecule has 3 aromatic rings. The Hall–Kier alpha value is -3.20. The van der Waals surface area contributed by atoms with Gasteiger partial charge in [0.05, 0.1) is 27.0 Å². The van der Waals surface area contributed by atoms with E-state index < -0.39 is 17.5 Å². The molecule has 1 N–H and O–H groups in total. The average Bonchev–Trinajstić information content (AvgIpc) is 3.08. The van der Waals surface area contributed by atoms with Gasteiger partial charge in [-0.15, -0.1) is 11.3 Å². The van der Waals surface area contributed by atoms with Crippen molar-refractivity contribution < 1.29 is 27.8 Å². The zero-order valence-electron chi connectivity index (χ0n) is 16.1. The quantitative estimate of drug-likeness (QED) is 0.627. The minimum atomic E-state index is -0.960. The molecule has 0 unspecified atom stereocenters. The highest BCUT2D eigenvalue weighted by Gasteiger charge is 2.19. The zero-order chi connectivity index (χ0) is 21.1. The summed E-state index contributed by atoms with van der Waals surface area (Å²) >= 11 is 1.22. The fraction of sp³-hybridized carbons (Fsp3) is 0.200. The van der Waals surface area contributed by atoms with Crippen molar-refractivity contribution in [3.8, 4) is 28.5 Å². The van der Waals surface area contributed by atoms with E-state index in [0.717, 1.165) is 17.0 Å². The summed E-state index contributed by atoms with van der Waals surface area (Å²) in [5.74, 6) is -1.27. The van der Waals surface area contributed by atoms with E-state index in [2.05, 4.69) is 10.3 Å². The SMILES string of the molecule is COc1cc(C(=O)Nc2nc(-c3ccc(F)c(F)c3)c(C)s2)cc(OC)c1OC. The lowest BCUT2D eigenvalue weighted by atomic mass is 10.1. The monoisotopic (exact) mass is 420 g/mol. The lowest BCUT2D eigenvalue weighted by molar-refractivity contribution is 0.102. The highest BCUT2D eigenvalue weighted by atomic mass is 32.1. The van der Waals surface area contributed by atoms with E-state index in [1.54, 1.807) is 6.92 Å². The number of aryl methyl sites for hydroxylation is 1. The Balaban J connectivity index is 1.89. The van der Waals surface area contributed by atoms with Gasteiger partial charge in [0.25, 0.3) is 5.91 Å². The number of hydrogen-bond acceptors (Lipinski definition) is 6. The molecule has 1 heterocycles. The van der Waals surface area contributed by atoms with Crippen LogP contribution in [0.1, 0.15) is 15.2 Å². The number of thiazole rings is 1. The minimum Gasteiger partial charge on any atom is -0.493 e. The van der Waals surface area contributed by atoms with Gasteiger partial charge in [-0.3, -0.25) is 10.1 Å². The Morgan fingerprint density at radius 2 is 1.66 bits per heavy atom. The number of hydrogen-bond donors (Lipinski definition) is 1. The van der Waals surface area contributed by atoms with Crippen molar-refractivity contribution in [1.29, 1.82) is 0 Å². The number of anilines is 1. The summed E-state index contributed by atoms with van der Waals surface area (Å²) in [6.45, 7) is 1.78. The molecule has 3 rings (SSSR count). The molecule has 9 heteroatoms. The lowest BCUT2D eigenvalue weighted by Gasteiger charge is -2.13. The summed E-state index contributed by atoms with van der Waals surface area (Å²) in [7, 11) is 4.38.